The van der Waals surface area contributed by atoms with Crippen molar-refractivity contribution in [3.05, 3.63) is 0 Å². The maximum absolute atomic E-state index is 5.36. The Balaban J connectivity index is 1.71. The van der Waals surface area contributed by atoms with Gasteiger partial charge in [-0.3, -0.25) is 4.90 Å². The minimum Gasteiger partial charge on any atom is -0.381 e. The first kappa shape index (κ1) is 11.0. The van der Waals surface area contributed by atoms with Gasteiger partial charge in [-0.05, 0) is 52.4 Å². The van der Waals surface area contributed by atoms with E-state index in [2.05, 4.69) is 25.7 Å². The van der Waals surface area contributed by atoms with Gasteiger partial charge in [-0.2, -0.15) is 0 Å². The van der Waals surface area contributed by atoms with Crippen molar-refractivity contribution in [2.45, 2.75) is 64.1 Å². The van der Waals surface area contributed by atoms with Gasteiger partial charge in [-0.25, -0.2) is 0 Å². The first-order valence-corrected chi connectivity index (χ1v) is 6.92. The van der Waals surface area contributed by atoms with E-state index < -0.39 is 0 Å². The summed E-state index contributed by atoms with van der Waals surface area (Å²) in [5.74, 6) is 1.86. The lowest BCUT2D eigenvalue weighted by atomic mass is 9.78. The number of piperidine rings is 1. The Kier molecular flexibility index (Phi) is 2.56. The molecule has 0 aromatic rings. The van der Waals surface area contributed by atoms with Crippen LogP contribution in [0.3, 0.4) is 0 Å². The number of ether oxygens (including phenoxy) is 1. The van der Waals surface area contributed by atoms with Crippen LogP contribution in [0.5, 0.6) is 0 Å². The number of rotatable bonds is 1. The molecule has 2 nitrogen and oxygen atoms in total. The van der Waals surface area contributed by atoms with Gasteiger partial charge < -0.3 is 4.74 Å². The molecule has 2 atom stereocenters. The van der Waals surface area contributed by atoms with Gasteiger partial charge in [0.05, 0.1) is 13.2 Å². The summed E-state index contributed by atoms with van der Waals surface area (Å²) in [7, 11) is 0. The fraction of sp³-hybridized carbons (Fsp3) is 1.00. The summed E-state index contributed by atoms with van der Waals surface area (Å²) in [6.07, 6.45) is 5.74. The zero-order chi connectivity index (χ0) is 11.3. The lowest BCUT2D eigenvalue weighted by Gasteiger charge is -2.49. The van der Waals surface area contributed by atoms with Crippen LogP contribution in [0.4, 0.5) is 0 Å². The molecule has 3 saturated heterocycles. The Hall–Kier alpha value is -0.0800. The second-order valence-electron chi connectivity index (χ2n) is 6.99. The maximum atomic E-state index is 5.36. The lowest BCUT2D eigenvalue weighted by Crippen LogP contribution is -2.54. The molecule has 0 aliphatic carbocycles. The predicted octanol–water partition coefficient (Wildman–Crippen LogP) is 2.67. The normalized spacial score (nSPS) is 41.1. The molecule has 3 aliphatic heterocycles. The fourth-order valence-corrected chi connectivity index (χ4v) is 4.23. The van der Waals surface area contributed by atoms with Crippen LogP contribution >= 0.6 is 0 Å². The van der Waals surface area contributed by atoms with Gasteiger partial charge in [0.25, 0.3) is 0 Å². The van der Waals surface area contributed by atoms with Gasteiger partial charge >= 0.3 is 0 Å². The number of hydrogen-bond acceptors (Lipinski definition) is 2. The molecule has 2 heteroatoms. The van der Waals surface area contributed by atoms with Gasteiger partial charge in [0, 0.05) is 23.5 Å². The van der Waals surface area contributed by atoms with E-state index in [-0.39, 0.29) is 0 Å². The molecule has 3 rings (SSSR count). The van der Waals surface area contributed by atoms with E-state index >= 15 is 0 Å². The standard InChI is InChI=1S/C14H25NO/c1-14(2,3)15-12-4-5-13(15)7-10(6-12)11-8-16-9-11/h10-13H,4-9H2,1-3H3. The van der Waals surface area contributed by atoms with Crippen LogP contribution in [0.2, 0.25) is 0 Å². The molecule has 92 valence electrons. The molecule has 3 heterocycles. The second-order valence-corrected chi connectivity index (χ2v) is 6.99. The first-order chi connectivity index (χ1) is 7.55. The Morgan fingerprint density at radius 1 is 0.938 bits per heavy atom. The molecular weight excluding hydrogens is 198 g/mol. The molecule has 0 radical (unpaired) electrons. The predicted molar refractivity (Wildman–Crippen MR) is 65.4 cm³/mol. The topological polar surface area (TPSA) is 12.5 Å². The van der Waals surface area contributed by atoms with Crippen molar-refractivity contribution in [2.75, 3.05) is 13.2 Å². The average Bonchev–Trinajstić information content (AvgIpc) is 2.35. The van der Waals surface area contributed by atoms with E-state index in [0.717, 1.165) is 37.1 Å². The molecule has 0 N–H and O–H groups in total. The van der Waals surface area contributed by atoms with Crippen molar-refractivity contribution in [1.29, 1.82) is 0 Å². The summed E-state index contributed by atoms with van der Waals surface area (Å²) < 4.78 is 5.36. The fourth-order valence-electron chi connectivity index (χ4n) is 4.23. The lowest BCUT2D eigenvalue weighted by molar-refractivity contribution is -0.0890. The van der Waals surface area contributed by atoms with Gasteiger partial charge in [-0.15, -0.1) is 0 Å². The van der Waals surface area contributed by atoms with Crippen LogP contribution in [0.25, 0.3) is 0 Å². The Labute approximate surface area is 99.3 Å². The van der Waals surface area contributed by atoms with Crippen molar-refractivity contribution in [2.24, 2.45) is 11.8 Å². The Bertz CT molecular complexity index is 252. The SMILES string of the molecule is CC(C)(C)N1C2CCC1CC(C1COC1)C2. The summed E-state index contributed by atoms with van der Waals surface area (Å²) in [4.78, 5) is 2.81. The zero-order valence-corrected chi connectivity index (χ0v) is 10.9. The highest BCUT2D eigenvalue weighted by molar-refractivity contribution is 5.01. The summed E-state index contributed by atoms with van der Waals surface area (Å²) in [6.45, 7) is 9.22. The molecule has 0 amide bonds. The number of fused-ring (bicyclic) bond motifs is 2. The Morgan fingerprint density at radius 3 is 1.88 bits per heavy atom. The third-order valence-electron chi connectivity index (χ3n) is 4.87. The zero-order valence-electron chi connectivity index (χ0n) is 10.9. The van der Waals surface area contributed by atoms with Gasteiger partial charge in [-0.1, -0.05) is 0 Å². The molecule has 3 fully saturated rings. The summed E-state index contributed by atoms with van der Waals surface area (Å²) in [5, 5.41) is 0. The molecule has 2 unspecified atom stereocenters. The Morgan fingerprint density at radius 2 is 1.50 bits per heavy atom. The average molecular weight is 223 g/mol. The van der Waals surface area contributed by atoms with E-state index in [1.54, 1.807) is 0 Å². The van der Waals surface area contributed by atoms with Crippen LogP contribution in [-0.2, 0) is 4.74 Å². The summed E-state index contributed by atoms with van der Waals surface area (Å²) in [6, 6.07) is 1.73. The van der Waals surface area contributed by atoms with E-state index in [4.69, 9.17) is 4.74 Å². The third kappa shape index (κ3) is 1.70. The first-order valence-electron chi connectivity index (χ1n) is 6.92. The van der Waals surface area contributed by atoms with E-state index in [9.17, 15) is 0 Å². The highest BCUT2D eigenvalue weighted by Gasteiger charge is 2.47. The minimum atomic E-state index is 0.368. The van der Waals surface area contributed by atoms with Gasteiger partial charge in [0.1, 0.15) is 0 Å². The van der Waals surface area contributed by atoms with Crippen molar-refractivity contribution < 1.29 is 4.74 Å². The van der Waals surface area contributed by atoms with Crippen LogP contribution in [0.1, 0.15) is 46.5 Å². The van der Waals surface area contributed by atoms with Gasteiger partial charge in [0.15, 0.2) is 0 Å². The second kappa shape index (κ2) is 3.71. The largest absolute Gasteiger partial charge is 0.381 e. The molecule has 16 heavy (non-hydrogen) atoms. The number of nitrogens with zero attached hydrogens (tertiary/aromatic N) is 1. The molecule has 0 aromatic heterocycles. The van der Waals surface area contributed by atoms with Crippen molar-refractivity contribution in [3.63, 3.8) is 0 Å². The van der Waals surface area contributed by atoms with Crippen molar-refractivity contribution in [1.82, 2.24) is 4.90 Å². The quantitative estimate of drug-likeness (QED) is 0.677. The van der Waals surface area contributed by atoms with E-state index in [1.165, 1.54) is 25.7 Å². The van der Waals surface area contributed by atoms with Crippen LogP contribution < -0.4 is 0 Å². The van der Waals surface area contributed by atoms with Crippen molar-refractivity contribution in [3.8, 4) is 0 Å². The highest BCUT2D eigenvalue weighted by Crippen LogP contribution is 2.45. The van der Waals surface area contributed by atoms with E-state index in [1.807, 2.05) is 0 Å². The van der Waals surface area contributed by atoms with Crippen LogP contribution in [-0.4, -0.2) is 35.7 Å². The highest BCUT2D eigenvalue weighted by atomic mass is 16.5. The summed E-state index contributed by atoms with van der Waals surface area (Å²) in [5.41, 5.74) is 0.368. The molecule has 0 saturated carbocycles. The summed E-state index contributed by atoms with van der Waals surface area (Å²) >= 11 is 0. The van der Waals surface area contributed by atoms with Crippen LogP contribution in [0, 0.1) is 11.8 Å². The smallest absolute Gasteiger partial charge is 0.0519 e. The molecular formula is C14H25NO. The number of hydrogen-bond donors (Lipinski definition) is 0. The third-order valence-corrected chi connectivity index (χ3v) is 4.87. The molecule has 0 aromatic carbocycles. The maximum Gasteiger partial charge on any atom is 0.0519 e. The minimum absolute atomic E-state index is 0.368. The van der Waals surface area contributed by atoms with Crippen molar-refractivity contribution >= 4 is 0 Å². The van der Waals surface area contributed by atoms with E-state index in [0.29, 0.717) is 5.54 Å². The monoisotopic (exact) mass is 223 g/mol. The van der Waals surface area contributed by atoms with Crippen LogP contribution in [0.15, 0.2) is 0 Å². The molecule has 3 aliphatic rings. The van der Waals surface area contributed by atoms with Gasteiger partial charge in [0.2, 0.25) is 0 Å². The molecule has 2 bridgehead atoms. The molecule has 0 spiro atoms.